The van der Waals surface area contributed by atoms with Crippen LogP contribution in [0.25, 0.3) is 11.0 Å². The maximum atomic E-state index is 11.3. The summed E-state index contributed by atoms with van der Waals surface area (Å²) in [5, 5.41) is 1.23. The summed E-state index contributed by atoms with van der Waals surface area (Å²) in [5.41, 5.74) is 1.01. The summed E-state index contributed by atoms with van der Waals surface area (Å²) in [5.74, 6) is -0.425. The molecule has 0 unspecified atom stereocenters. The lowest BCUT2D eigenvalue weighted by molar-refractivity contribution is 0.0602. The van der Waals surface area contributed by atoms with Gasteiger partial charge in [-0.25, -0.2) is 4.79 Å². The number of fused-ring (bicyclic) bond motifs is 1. The van der Waals surface area contributed by atoms with Gasteiger partial charge in [-0.05, 0) is 18.2 Å². The molecule has 2 rings (SSSR count). The highest BCUT2D eigenvalue weighted by Gasteiger charge is 2.13. The standard InChI is InChI=1S/C10H7ClO3/c1-13-10(12)8-5-14-9-3-2-6(11)4-7(8)9/h2-5H,1H3. The zero-order chi connectivity index (χ0) is 10.1. The monoisotopic (exact) mass is 210 g/mol. The normalized spacial score (nSPS) is 10.4. The Morgan fingerprint density at radius 3 is 3.00 bits per heavy atom. The maximum Gasteiger partial charge on any atom is 0.341 e. The molecule has 0 aliphatic heterocycles. The van der Waals surface area contributed by atoms with E-state index in [1.54, 1.807) is 18.2 Å². The molecule has 0 aliphatic rings. The fourth-order valence-electron chi connectivity index (χ4n) is 1.27. The molecule has 4 heteroatoms. The highest BCUT2D eigenvalue weighted by Crippen LogP contribution is 2.24. The quantitative estimate of drug-likeness (QED) is 0.680. The summed E-state index contributed by atoms with van der Waals surface area (Å²) in [6.45, 7) is 0. The Kier molecular flexibility index (Phi) is 2.17. The van der Waals surface area contributed by atoms with Gasteiger partial charge in [0.25, 0.3) is 0 Å². The third kappa shape index (κ3) is 1.36. The Morgan fingerprint density at radius 2 is 2.29 bits per heavy atom. The summed E-state index contributed by atoms with van der Waals surface area (Å²) in [6, 6.07) is 5.09. The molecule has 0 saturated carbocycles. The predicted octanol–water partition coefficient (Wildman–Crippen LogP) is 2.87. The van der Waals surface area contributed by atoms with Crippen molar-refractivity contribution in [1.29, 1.82) is 0 Å². The molecule has 0 spiro atoms. The number of furan rings is 1. The van der Waals surface area contributed by atoms with Gasteiger partial charge in [0.05, 0.1) is 7.11 Å². The number of ether oxygens (including phenoxy) is 1. The third-order valence-electron chi connectivity index (χ3n) is 1.94. The molecule has 14 heavy (non-hydrogen) atoms. The highest BCUT2D eigenvalue weighted by atomic mass is 35.5. The number of halogens is 1. The second-order valence-electron chi connectivity index (χ2n) is 2.78. The van der Waals surface area contributed by atoms with Crippen molar-refractivity contribution in [1.82, 2.24) is 0 Å². The van der Waals surface area contributed by atoms with E-state index in [9.17, 15) is 4.79 Å². The molecule has 0 bridgehead atoms. The van der Waals surface area contributed by atoms with Gasteiger partial charge in [0.15, 0.2) is 0 Å². The predicted molar refractivity (Wildman–Crippen MR) is 52.6 cm³/mol. The Bertz CT molecular complexity index is 487. The molecular formula is C10H7ClO3. The molecule has 0 N–H and O–H groups in total. The lowest BCUT2D eigenvalue weighted by Crippen LogP contribution is -1.99. The number of carbonyl (C=O) groups is 1. The molecule has 1 aromatic carbocycles. The molecule has 0 atom stereocenters. The topological polar surface area (TPSA) is 39.4 Å². The van der Waals surface area contributed by atoms with E-state index in [1.807, 2.05) is 0 Å². The van der Waals surface area contributed by atoms with E-state index in [2.05, 4.69) is 4.74 Å². The molecule has 0 radical (unpaired) electrons. The van der Waals surface area contributed by atoms with Crippen molar-refractivity contribution in [3.8, 4) is 0 Å². The van der Waals surface area contributed by atoms with Gasteiger partial charge in [-0.3, -0.25) is 0 Å². The Hall–Kier alpha value is -1.48. The summed E-state index contributed by atoms with van der Waals surface area (Å²) >= 11 is 5.80. The Balaban J connectivity index is 2.67. The fourth-order valence-corrected chi connectivity index (χ4v) is 1.44. The Labute approximate surface area is 85.2 Å². The van der Waals surface area contributed by atoms with Crippen LogP contribution in [-0.4, -0.2) is 13.1 Å². The average Bonchev–Trinajstić information content (AvgIpc) is 2.59. The van der Waals surface area contributed by atoms with E-state index in [1.165, 1.54) is 13.4 Å². The first kappa shape index (κ1) is 9.09. The van der Waals surface area contributed by atoms with Gasteiger partial charge >= 0.3 is 5.97 Å². The highest BCUT2D eigenvalue weighted by molar-refractivity contribution is 6.31. The summed E-state index contributed by atoms with van der Waals surface area (Å²) < 4.78 is 9.77. The van der Waals surface area contributed by atoms with Crippen molar-refractivity contribution in [3.05, 3.63) is 35.0 Å². The minimum atomic E-state index is -0.425. The van der Waals surface area contributed by atoms with E-state index < -0.39 is 5.97 Å². The van der Waals surface area contributed by atoms with Crippen LogP contribution < -0.4 is 0 Å². The van der Waals surface area contributed by atoms with Crippen LogP contribution in [0.1, 0.15) is 10.4 Å². The van der Waals surface area contributed by atoms with Gasteiger partial charge < -0.3 is 9.15 Å². The van der Waals surface area contributed by atoms with Crippen molar-refractivity contribution in [2.75, 3.05) is 7.11 Å². The summed E-state index contributed by atoms with van der Waals surface area (Å²) in [7, 11) is 1.33. The van der Waals surface area contributed by atoms with E-state index >= 15 is 0 Å². The molecule has 1 heterocycles. The van der Waals surface area contributed by atoms with Crippen molar-refractivity contribution in [2.45, 2.75) is 0 Å². The SMILES string of the molecule is COC(=O)c1coc2ccc(Cl)cc12. The van der Waals surface area contributed by atoms with Gasteiger partial charge in [0, 0.05) is 10.4 Å². The minimum Gasteiger partial charge on any atom is -0.465 e. The van der Waals surface area contributed by atoms with Crippen molar-refractivity contribution in [3.63, 3.8) is 0 Å². The Morgan fingerprint density at radius 1 is 1.50 bits per heavy atom. The van der Waals surface area contributed by atoms with Gasteiger partial charge in [0.1, 0.15) is 17.4 Å². The van der Waals surface area contributed by atoms with Crippen LogP contribution in [0, 0.1) is 0 Å². The number of rotatable bonds is 1. The van der Waals surface area contributed by atoms with Crippen molar-refractivity contribution >= 4 is 28.5 Å². The molecule has 2 aromatic rings. The zero-order valence-electron chi connectivity index (χ0n) is 7.41. The smallest absolute Gasteiger partial charge is 0.341 e. The molecule has 3 nitrogen and oxygen atoms in total. The number of methoxy groups -OCH3 is 1. The van der Waals surface area contributed by atoms with Crippen LogP contribution in [0.15, 0.2) is 28.9 Å². The van der Waals surface area contributed by atoms with Gasteiger partial charge in [0.2, 0.25) is 0 Å². The van der Waals surface area contributed by atoms with Crippen molar-refractivity contribution < 1.29 is 13.9 Å². The number of benzene rings is 1. The van der Waals surface area contributed by atoms with Crippen LogP contribution in [0.2, 0.25) is 5.02 Å². The van der Waals surface area contributed by atoms with E-state index in [4.69, 9.17) is 16.0 Å². The fraction of sp³-hybridized carbons (Fsp3) is 0.100. The van der Waals surface area contributed by atoms with Crippen LogP contribution in [0.5, 0.6) is 0 Å². The van der Waals surface area contributed by atoms with Crippen LogP contribution in [0.4, 0.5) is 0 Å². The van der Waals surface area contributed by atoms with Gasteiger partial charge in [-0.1, -0.05) is 11.6 Å². The molecule has 72 valence electrons. The van der Waals surface area contributed by atoms with Gasteiger partial charge in [-0.2, -0.15) is 0 Å². The lowest BCUT2D eigenvalue weighted by atomic mass is 10.2. The van der Waals surface area contributed by atoms with E-state index in [-0.39, 0.29) is 0 Å². The average molecular weight is 211 g/mol. The molecule has 0 aliphatic carbocycles. The summed E-state index contributed by atoms with van der Waals surface area (Å²) in [6.07, 6.45) is 1.37. The van der Waals surface area contributed by atoms with Crippen molar-refractivity contribution in [2.24, 2.45) is 0 Å². The number of esters is 1. The molecular weight excluding hydrogens is 204 g/mol. The first-order valence-electron chi connectivity index (χ1n) is 3.97. The largest absolute Gasteiger partial charge is 0.465 e. The first-order chi connectivity index (χ1) is 6.72. The second kappa shape index (κ2) is 3.35. The number of carbonyl (C=O) groups excluding carboxylic acids is 1. The van der Waals surface area contributed by atoms with E-state index in [0.29, 0.717) is 21.6 Å². The second-order valence-corrected chi connectivity index (χ2v) is 3.22. The third-order valence-corrected chi connectivity index (χ3v) is 2.18. The van der Waals surface area contributed by atoms with Crippen LogP contribution >= 0.6 is 11.6 Å². The van der Waals surface area contributed by atoms with Crippen LogP contribution in [0.3, 0.4) is 0 Å². The molecule has 0 amide bonds. The first-order valence-corrected chi connectivity index (χ1v) is 4.35. The number of hydrogen-bond donors (Lipinski definition) is 0. The number of hydrogen-bond acceptors (Lipinski definition) is 3. The van der Waals surface area contributed by atoms with E-state index in [0.717, 1.165) is 0 Å². The van der Waals surface area contributed by atoms with Gasteiger partial charge in [-0.15, -0.1) is 0 Å². The minimum absolute atomic E-state index is 0.394. The summed E-state index contributed by atoms with van der Waals surface area (Å²) in [4.78, 5) is 11.3. The lowest BCUT2D eigenvalue weighted by Gasteiger charge is -1.95. The zero-order valence-corrected chi connectivity index (χ0v) is 8.17. The molecule has 0 saturated heterocycles. The van der Waals surface area contributed by atoms with Crippen LogP contribution in [-0.2, 0) is 4.74 Å². The molecule has 1 aromatic heterocycles. The maximum absolute atomic E-state index is 11.3. The molecule has 0 fully saturated rings.